The molecule has 0 unspecified atom stereocenters. The van der Waals surface area contributed by atoms with E-state index in [1.807, 2.05) is 0 Å². The Morgan fingerprint density at radius 2 is 0.968 bits per heavy atom. The van der Waals surface area contributed by atoms with E-state index in [0.29, 0.717) is 0 Å². The van der Waals surface area contributed by atoms with Crippen LogP contribution in [0.5, 0.6) is 17.2 Å². The van der Waals surface area contributed by atoms with Crippen molar-refractivity contribution in [3.8, 4) is 17.2 Å². The van der Waals surface area contributed by atoms with Crippen molar-refractivity contribution in [2.24, 2.45) is 0 Å². The average Bonchev–Trinajstić information content (AvgIpc) is 2.73. The lowest BCUT2D eigenvalue weighted by Crippen LogP contribution is -2.59. The molecule has 0 aliphatic rings. The van der Waals surface area contributed by atoms with E-state index in [9.17, 15) is 17.6 Å². The summed E-state index contributed by atoms with van der Waals surface area (Å²) in [5.41, 5.74) is 0. The second-order valence-corrected chi connectivity index (χ2v) is 8.99. The molecule has 0 amide bonds. The molecule has 0 aliphatic carbocycles. The first-order valence-corrected chi connectivity index (χ1v) is 10.5. The molecule has 0 atom stereocenters. The lowest BCUT2D eigenvalue weighted by Gasteiger charge is -2.20. The molecular formula is C21H15AlF6O3. The van der Waals surface area contributed by atoms with E-state index < -0.39 is 73.8 Å². The number of hydrogen-bond donors (Lipinski definition) is 0. The molecule has 0 heterocycles. The van der Waals surface area contributed by atoms with Gasteiger partial charge in [-0.1, -0.05) is 0 Å². The molecule has 31 heavy (non-hydrogen) atoms. The van der Waals surface area contributed by atoms with Crippen molar-refractivity contribution in [1.82, 2.24) is 0 Å². The molecule has 162 valence electrons. The Kier molecular flexibility index (Phi) is 6.72. The SMILES string of the molecule is COc1cc(F)[c]([Al]([c]2c(F)ccc(OC)c2F)[c]2c(F)ccc(OC)c2F)c(F)c1. The van der Waals surface area contributed by atoms with Crippen LogP contribution >= 0.6 is 0 Å². The lowest BCUT2D eigenvalue weighted by atomic mass is 10.3. The van der Waals surface area contributed by atoms with Crippen molar-refractivity contribution in [1.29, 1.82) is 0 Å². The standard InChI is InChI=1S/3C7H5F2O.Al/c1-10-7-3-5(8)2-6(9)4-7;2*1-10-7-3-2-5(8)4-6(7)9;/h3-4H,1H3;2*2-3H,1H3;. The zero-order valence-corrected chi connectivity index (χ0v) is 17.7. The third kappa shape index (κ3) is 4.05. The molecule has 3 aromatic rings. The summed E-state index contributed by atoms with van der Waals surface area (Å²) >= 11 is -4.13. The van der Waals surface area contributed by atoms with Crippen LogP contribution in [-0.2, 0) is 0 Å². The van der Waals surface area contributed by atoms with Crippen LogP contribution in [0.3, 0.4) is 0 Å². The Morgan fingerprint density at radius 1 is 0.548 bits per heavy atom. The summed E-state index contributed by atoms with van der Waals surface area (Å²) in [5.74, 6) is -8.74. The van der Waals surface area contributed by atoms with E-state index >= 15 is 8.78 Å². The van der Waals surface area contributed by atoms with E-state index in [1.165, 1.54) is 0 Å². The second kappa shape index (κ2) is 9.12. The number of benzene rings is 3. The van der Waals surface area contributed by atoms with Crippen LogP contribution in [0.4, 0.5) is 26.3 Å². The predicted octanol–water partition coefficient (Wildman–Crippen LogP) is 3.06. The summed E-state index contributed by atoms with van der Waals surface area (Å²) in [6, 6.07) is 5.05. The molecule has 3 aromatic carbocycles. The van der Waals surface area contributed by atoms with E-state index in [0.717, 1.165) is 57.7 Å². The number of methoxy groups -OCH3 is 3. The van der Waals surface area contributed by atoms with Gasteiger partial charge in [0.2, 0.25) is 0 Å². The van der Waals surface area contributed by atoms with Gasteiger partial charge in [0, 0.05) is 12.1 Å². The summed E-state index contributed by atoms with van der Waals surface area (Å²) in [4.78, 5) is 0. The maximum atomic E-state index is 15.1. The molecule has 0 spiro atoms. The molecule has 3 nitrogen and oxygen atoms in total. The van der Waals surface area contributed by atoms with Crippen molar-refractivity contribution >= 4 is 27.4 Å². The molecule has 0 saturated heterocycles. The molecule has 0 fully saturated rings. The first-order chi connectivity index (χ1) is 14.7. The molecule has 0 N–H and O–H groups in total. The third-order valence-electron chi connectivity index (χ3n) is 4.78. The molecule has 0 bridgehead atoms. The largest absolute Gasteiger partial charge is 0.497 e. The molecule has 0 saturated carbocycles. The van der Waals surface area contributed by atoms with Crippen molar-refractivity contribution in [3.05, 3.63) is 71.3 Å². The Bertz CT molecular complexity index is 1060. The fourth-order valence-electron chi connectivity index (χ4n) is 3.33. The second-order valence-electron chi connectivity index (χ2n) is 6.39. The first kappa shape index (κ1) is 22.8. The minimum atomic E-state index is -4.13. The van der Waals surface area contributed by atoms with Crippen LogP contribution in [0, 0.1) is 34.9 Å². The zero-order valence-electron chi connectivity index (χ0n) is 16.5. The highest BCUT2D eigenvalue weighted by Gasteiger charge is 2.41. The van der Waals surface area contributed by atoms with Crippen LogP contribution in [0.1, 0.15) is 0 Å². The Morgan fingerprint density at radius 3 is 1.32 bits per heavy atom. The first-order valence-electron chi connectivity index (χ1n) is 8.81. The van der Waals surface area contributed by atoms with Gasteiger partial charge in [0.15, 0.2) is 23.1 Å². The van der Waals surface area contributed by atoms with Gasteiger partial charge in [-0.05, 0) is 37.5 Å². The number of rotatable bonds is 6. The minimum absolute atomic E-state index is 0.218. The van der Waals surface area contributed by atoms with Crippen LogP contribution in [-0.4, -0.2) is 35.5 Å². The van der Waals surface area contributed by atoms with Gasteiger partial charge in [0.25, 0.3) is 0 Å². The van der Waals surface area contributed by atoms with Crippen LogP contribution in [0.25, 0.3) is 0 Å². The summed E-state index contributed by atoms with van der Waals surface area (Å²) in [6.07, 6.45) is 0. The van der Waals surface area contributed by atoms with Gasteiger partial charge in [0.05, 0.1) is 21.3 Å². The summed E-state index contributed by atoms with van der Waals surface area (Å²) < 4.78 is 102. The van der Waals surface area contributed by atoms with Crippen LogP contribution < -0.4 is 27.5 Å². The van der Waals surface area contributed by atoms with Gasteiger partial charge in [-0.15, -0.1) is 0 Å². The minimum Gasteiger partial charge on any atom is -0.497 e. The van der Waals surface area contributed by atoms with Crippen molar-refractivity contribution in [2.45, 2.75) is 0 Å². The van der Waals surface area contributed by atoms with Gasteiger partial charge in [-0.2, -0.15) is 0 Å². The maximum Gasteiger partial charge on any atom is 0.412 e. The van der Waals surface area contributed by atoms with E-state index in [4.69, 9.17) is 14.2 Å². The quantitative estimate of drug-likeness (QED) is 0.422. The van der Waals surface area contributed by atoms with E-state index in [-0.39, 0.29) is 5.75 Å². The van der Waals surface area contributed by atoms with Crippen molar-refractivity contribution in [3.63, 3.8) is 0 Å². The fourth-order valence-corrected chi connectivity index (χ4v) is 6.45. The number of halogens is 6. The topological polar surface area (TPSA) is 27.7 Å². The number of hydrogen-bond acceptors (Lipinski definition) is 3. The van der Waals surface area contributed by atoms with E-state index in [2.05, 4.69) is 0 Å². The summed E-state index contributed by atoms with van der Waals surface area (Å²) in [6.45, 7) is 0. The zero-order chi connectivity index (χ0) is 22.9. The van der Waals surface area contributed by atoms with Crippen molar-refractivity contribution < 1.29 is 40.6 Å². The normalized spacial score (nSPS) is 10.7. The van der Waals surface area contributed by atoms with Gasteiger partial charge >= 0.3 is 14.1 Å². The van der Waals surface area contributed by atoms with Gasteiger partial charge in [-0.25, -0.2) is 26.3 Å². The summed E-state index contributed by atoms with van der Waals surface area (Å²) in [7, 11) is 3.35. The highest BCUT2D eigenvalue weighted by molar-refractivity contribution is 6.95. The Labute approximate surface area is 178 Å². The highest BCUT2D eigenvalue weighted by atomic mass is 27.2. The fraction of sp³-hybridized carbons (Fsp3) is 0.143. The predicted molar refractivity (Wildman–Crippen MR) is 103 cm³/mol. The molecule has 0 aliphatic heterocycles. The smallest absolute Gasteiger partial charge is 0.412 e. The molecule has 3 rings (SSSR count). The highest BCUT2D eigenvalue weighted by Crippen LogP contribution is 2.22. The third-order valence-corrected chi connectivity index (χ3v) is 8.12. The van der Waals surface area contributed by atoms with Gasteiger partial charge in [-0.3, -0.25) is 0 Å². The van der Waals surface area contributed by atoms with Crippen LogP contribution in [0.15, 0.2) is 36.4 Å². The van der Waals surface area contributed by atoms with Crippen LogP contribution in [0.2, 0.25) is 0 Å². The maximum absolute atomic E-state index is 15.1. The Balaban J connectivity index is 2.48. The lowest BCUT2D eigenvalue weighted by molar-refractivity contribution is 0.385. The molecular weight excluding hydrogens is 441 g/mol. The van der Waals surface area contributed by atoms with Crippen molar-refractivity contribution in [2.75, 3.05) is 21.3 Å². The van der Waals surface area contributed by atoms with Gasteiger partial charge < -0.3 is 14.2 Å². The van der Waals surface area contributed by atoms with Gasteiger partial charge in [0.1, 0.15) is 29.0 Å². The molecule has 0 aromatic heterocycles. The van der Waals surface area contributed by atoms with E-state index in [1.54, 1.807) is 0 Å². The molecule has 0 radical (unpaired) electrons. The monoisotopic (exact) mass is 456 g/mol. The Hall–Kier alpha value is -2.83. The average molecular weight is 456 g/mol. The number of ether oxygens (including phenoxy) is 3. The molecule has 10 heteroatoms. The summed E-state index contributed by atoms with van der Waals surface area (Å²) in [5, 5.41) is 0.